The van der Waals surface area contributed by atoms with Crippen molar-refractivity contribution in [3.8, 4) is 0 Å². The summed E-state index contributed by atoms with van der Waals surface area (Å²) in [6.45, 7) is 2.66. The molecular weight excluding hydrogens is 212 g/mol. The summed E-state index contributed by atoms with van der Waals surface area (Å²) in [5, 5.41) is 10.2. The first-order valence-corrected chi connectivity index (χ1v) is 6.57. The Labute approximate surface area is 104 Å². The molecule has 96 valence electrons. The van der Waals surface area contributed by atoms with Gasteiger partial charge in [0.2, 0.25) is 0 Å². The summed E-state index contributed by atoms with van der Waals surface area (Å²) in [6, 6.07) is 3.88. The Balaban J connectivity index is 2.44. The summed E-state index contributed by atoms with van der Waals surface area (Å²) >= 11 is 0. The molecule has 0 amide bonds. The first kappa shape index (κ1) is 14.1. The Morgan fingerprint density at radius 1 is 1.35 bits per heavy atom. The summed E-state index contributed by atoms with van der Waals surface area (Å²) in [5.74, 6) is 0.0188. The molecule has 0 radical (unpaired) electrons. The van der Waals surface area contributed by atoms with E-state index in [0.29, 0.717) is 6.54 Å². The van der Waals surface area contributed by atoms with Gasteiger partial charge in [-0.3, -0.25) is 4.98 Å². The molecule has 0 fully saturated rings. The van der Waals surface area contributed by atoms with Gasteiger partial charge in [0.1, 0.15) is 0 Å². The maximum Gasteiger partial charge on any atom is 0.0621 e. The molecule has 2 atom stereocenters. The minimum absolute atomic E-state index is 0.0188. The molecule has 1 heterocycles. The number of nitrogens with zero attached hydrogens (tertiary/aromatic N) is 1. The number of rotatable bonds is 8. The molecule has 0 spiro atoms. The smallest absolute Gasteiger partial charge is 0.0621 e. The van der Waals surface area contributed by atoms with E-state index in [9.17, 15) is 5.11 Å². The number of unbranched alkanes of at least 4 members (excludes halogenated alkanes) is 3. The molecule has 0 saturated carbocycles. The van der Waals surface area contributed by atoms with Crippen LogP contribution in [0.5, 0.6) is 0 Å². The minimum Gasteiger partial charge on any atom is -0.392 e. The van der Waals surface area contributed by atoms with Crippen molar-refractivity contribution >= 4 is 0 Å². The molecule has 1 rings (SSSR count). The maximum absolute atomic E-state index is 10.2. The second kappa shape index (κ2) is 8.20. The van der Waals surface area contributed by atoms with Crippen molar-refractivity contribution < 1.29 is 5.11 Å². The Bertz CT molecular complexity index is 290. The van der Waals surface area contributed by atoms with E-state index in [1.807, 2.05) is 12.1 Å². The highest BCUT2D eigenvalue weighted by molar-refractivity contribution is 5.16. The van der Waals surface area contributed by atoms with Gasteiger partial charge in [0.05, 0.1) is 6.10 Å². The van der Waals surface area contributed by atoms with Gasteiger partial charge in [0, 0.05) is 24.9 Å². The fraction of sp³-hybridized carbons (Fsp3) is 0.643. The maximum atomic E-state index is 10.2. The van der Waals surface area contributed by atoms with Crippen LogP contribution in [0, 0.1) is 0 Å². The number of nitrogens with two attached hydrogens (primary N) is 1. The zero-order valence-corrected chi connectivity index (χ0v) is 10.7. The molecule has 1 aromatic heterocycles. The van der Waals surface area contributed by atoms with Crippen LogP contribution >= 0.6 is 0 Å². The van der Waals surface area contributed by atoms with Gasteiger partial charge >= 0.3 is 0 Å². The van der Waals surface area contributed by atoms with Crippen molar-refractivity contribution in [1.82, 2.24) is 4.98 Å². The van der Waals surface area contributed by atoms with Gasteiger partial charge in [-0.05, 0) is 18.1 Å². The Kier molecular flexibility index (Phi) is 6.82. The van der Waals surface area contributed by atoms with Crippen molar-refractivity contribution in [2.75, 3.05) is 6.54 Å². The normalized spacial score (nSPS) is 14.5. The van der Waals surface area contributed by atoms with E-state index < -0.39 is 0 Å². The second-order valence-corrected chi connectivity index (χ2v) is 4.55. The van der Waals surface area contributed by atoms with Gasteiger partial charge in [-0.25, -0.2) is 0 Å². The van der Waals surface area contributed by atoms with Crippen molar-refractivity contribution in [1.29, 1.82) is 0 Å². The SMILES string of the molecule is CCCCCCC(O)C(CN)c1cccnc1. The predicted octanol–water partition coefficient (Wildman–Crippen LogP) is 2.46. The molecule has 0 aromatic carbocycles. The molecule has 0 saturated heterocycles. The van der Waals surface area contributed by atoms with Crippen LogP contribution in [-0.4, -0.2) is 22.7 Å². The van der Waals surface area contributed by atoms with Crippen molar-refractivity contribution in [3.63, 3.8) is 0 Å². The zero-order valence-electron chi connectivity index (χ0n) is 10.7. The largest absolute Gasteiger partial charge is 0.392 e. The molecule has 0 bridgehead atoms. The lowest BCUT2D eigenvalue weighted by Crippen LogP contribution is -2.26. The monoisotopic (exact) mass is 236 g/mol. The van der Waals surface area contributed by atoms with Gasteiger partial charge in [0.25, 0.3) is 0 Å². The highest BCUT2D eigenvalue weighted by Gasteiger charge is 2.19. The van der Waals surface area contributed by atoms with E-state index in [-0.39, 0.29) is 12.0 Å². The van der Waals surface area contributed by atoms with E-state index in [2.05, 4.69) is 11.9 Å². The van der Waals surface area contributed by atoms with Crippen molar-refractivity contribution in [3.05, 3.63) is 30.1 Å². The second-order valence-electron chi connectivity index (χ2n) is 4.55. The van der Waals surface area contributed by atoms with Crippen LogP contribution in [-0.2, 0) is 0 Å². The van der Waals surface area contributed by atoms with E-state index in [1.54, 1.807) is 12.4 Å². The minimum atomic E-state index is -0.346. The van der Waals surface area contributed by atoms with Crippen LogP contribution < -0.4 is 5.73 Å². The van der Waals surface area contributed by atoms with Gasteiger partial charge in [-0.2, -0.15) is 0 Å². The van der Waals surface area contributed by atoms with Crippen LogP contribution in [0.4, 0.5) is 0 Å². The Hall–Kier alpha value is -0.930. The predicted molar refractivity (Wildman–Crippen MR) is 70.8 cm³/mol. The van der Waals surface area contributed by atoms with Crippen LogP contribution in [0.1, 0.15) is 50.5 Å². The molecule has 0 aliphatic heterocycles. The lowest BCUT2D eigenvalue weighted by atomic mass is 9.91. The number of aliphatic hydroxyl groups excluding tert-OH is 1. The Morgan fingerprint density at radius 2 is 2.18 bits per heavy atom. The third-order valence-corrected chi connectivity index (χ3v) is 3.18. The van der Waals surface area contributed by atoms with E-state index in [0.717, 1.165) is 18.4 Å². The summed E-state index contributed by atoms with van der Waals surface area (Å²) in [5.41, 5.74) is 6.79. The van der Waals surface area contributed by atoms with Crippen molar-refractivity contribution in [2.45, 2.75) is 51.0 Å². The van der Waals surface area contributed by atoms with Crippen LogP contribution in [0.2, 0.25) is 0 Å². The number of aliphatic hydroxyl groups is 1. The number of pyridine rings is 1. The highest BCUT2D eigenvalue weighted by atomic mass is 16.3. The van der Waals surface area contributed by atoms with Crippen LogP contribution in [0.25, 0.3) is 0 Å². The lowest BCUT2D eigenvalue weighted by Gasteiger charge is -2.21. The molecule has 3 heteroatoms. The third-order valence-electron chi connectivity index (χ3n) is 3.18. The highest BCUT2D eigenvalue weighted by Crippen LogP contribution is 2.21. The number of hydrogen-bond acceptors (Lipinski definition) is 3. The topological polar surface area (TPSA) is 59.1 Å². The van der Waals surface area contributed by atoms with E-state index in [1.165, 1.54) is 19.3 Å². The number of aromatic nitrogens is 1. The van der Waals surface area contributed by atoms with Gasteiger partial charge in [0.15, 0.2) is 0 Å². The molecule has 0 aliphatic carbocycles. The molecular formula is C14H24N2O. The van der Waals surface area contributed by atoms with E-state index >= 15 is 0 Å². The molecule has 0 aliphatic rings. The molecule has 2 unspecified atom stereocenters. The fourth-order valence-corrected chi connectivity index (χ4v) is 2.09. The average molecular weight is 236 g/mol. The van der Waals surface area contributed by atoms with Crippen molar-refractivity contribution in [2.24, 2.45) is 5.73 Å². The first-order valence-electron chi connectivity index (χ1n) is 6.57. The van der Waals surface area contributed by atoms with Crippen LogP contribution in [0.3, 0.4) is 0 Å². The summed E-state index contributed by atoms with van der Waals surface area (Å²) < 4.78 is 0. The van der Waals surface area contributed by atoms with Gasteiger partial charge in [-0.15, -0.1) is 0 Å². The molecule has 17 heavy (non-hydrogen) atoms. The Morgan fingerprint density at radius 3 is 2.76 bits per heavy atom. The summed E-state index contributed by atoms with van der Waals surface area (Å²) in [4.78, 5) is 4.08. The molecule has 1 aromatic rings. The average Bonchev–Trinajstić information content (AvgIpc) is 2.37. The first-order chi connectivity index (χ1) is 8.29. The third kappa shape index (κ3) is 4.84. The fourth-order valence-electron chi connectivity index (χ4n) is 2.09. The molecule has 3 nitrogen and oxygen atoms in total. The summed E-state index contributed by atoms with van der Waals surface area (Å²) in [6.07, 6.45) is 8.75. The quantitative estimate of drug-likeness (QED) is 0.682. The molecule has 3 N–H and O–H groups in total. The van der Waals surface area contributed by atoms with Gasteiger partial charge in [-0.1, -0.05) is 38.7 Å². The van der Waals surface area contributed by atoms with Gasteiger partial charge < -0.3 is 10.8 Å². The lowest BCUT2D eigenvalue weighted by molar-refractivity contribution is 0.132. The zero-order chi connectivity index (χ0) is 12.5. The van der Waals surface area contributed by atoms with E-state index in [4.69, 9.17) is 5.73 Å². The number of hydrogen-bond donors (Lipinski definition) is 2. The standard InChI is InChI=1S/C14H24N2O/c1-2-3-4-5-8-14(17)13(10-15)12-7-6-9-16-11-12/h6-7,9,11,13-14,17H,2-5,8,10,15H2,1H3. The van der Waals surface area contributed by atoms with Crippen LogP contribution in [0.15, 0.2) is 24.5 Å². The summed E-state index contributed by atoms with van der Waals surface area (Å²) in [7, 11) is 0.